The minimum absolute atomic E-state index is 0.112. The molecule has 2 rings (SSSR count). The lowest BCUT2D eigenvalue weighted by Crippen LogP contribution is -2.42. The molecule has 1 heterocycles. The first-order chi connectivity index (χ1) is 7.56. The third-order valence-corrected chi connectivity index (χ3v) is 3.24. The molecule has 0 unspecified atom stereocenters. The van der Waals surface area contributed by atoms with Crippen LogP contribution < -0.4 is 4.90 Å². The maximum atomic E-state index is 11.1. The smallest absolute Gasteiger partial charge is 0.333 e. The quantitative estimate of drug-likeness (QED) is 0.581. The highest BCUT2D eigenvalue weighted by Crippen LogP contribution is 2.24. The molecule has 5 heteroatoms. The Labute approximate surface area is 101 Å². The lowest BCUT2D eigenvalue weighted by molar-refractivity contribution is -0.160. The van der Waals surface area contributed by atoms with Crippen LogP contribution in [-0.2, 0) is 14.3 Å². The summed E-state index contributed by atoms with van der Waals surface area (Å²) >= 11 is 3.42. The molecule has 16 heavy (non-hydrogen) atoms. The summed E-state index contributed by atoms with van der Waals surface area (Å²) in [5, 5.41) is 0. The van der Waals surface area contributed by atoms with Crippen LogP contribution in [0.4, 0.5) is 5.69 Å². The van der Waals surface area contributed by atoms with E-state index in [1.54, 1.807) is 4.90 Å². The second-order valence-electron chi connectivity index (χ2n) is 3.64. The standard InChI is InChI=1S/C11H10BrNO3/c1-7-2-3-8(4-9(7)12)13-5-10(14)16-11(15)6-13/h2-4H,5-6H2,1H3. The largest absolute Gasteiger partial charge is 0.390 e. The van der Waals surface area contributed by atoms with Crippen LogP contribution >= 0.6 is 15.9 Å². The van der Waals surface area contributed by atoms with E-state index < -0.39 is 11.9 Å². The predicted octanol–water partition coefficient (Wildman–Crippen LogP) is 1.65. The monoisotopic (exact) mass is 283 g/mol. The first-order valence-corrected chi connectivity index (χ1v) is 5.60. The van der Waals surface area contributed by atoms with Gasteiger partial charge in [0.1, 0.15) is 13.1 Å². The van der Waals surface area contributed by atoms with Crippen molar-refractivity contribution >= 4 is 33.6 Å². The van der Waals surface area contributed by atoms with Crippen molar-refractivity contribution in [3.8, 4) is 0 Å². The molecule has 0 radical (unpaired) electrons. The lowest BCUT2D eigenvalue weighted by Gasteiger charge is -2.26. The minimum atomic E-state index is -0.507. The van der Waals surface area contributed by atoms with Crippen LogP contribution in [0.1, 0.15) is 5.56 Å². The molecule has 0 N–H and O–H groups in total. The van der Waals surface area contributed by atoms with Gasteiger partial charge in [-0.3, -0.25) is 0 Å². The van der Waals surface area contributed by atoms with E-state index in [0.717, 1.165) is 15.7 Å². The zero-order chi connectivity index (χ0) is 11.7. The summed E-state index contributed by atoms with van der Waals surface area (Å²) in [5.41, 5.74) is 1.94. The Kier molecular flexibility index (Phi) is 2.96. The molecule has 0 atom stereocenters. The van der Waals surface area contributed by atoms with Crippen LogP contribution in [-0.4, -0.2) is 25.0 Å². The van der Waals surface area contributed by atoms with Gasteiger partial charge >= 0.3 is 11.9 Å². The number of anilines is 1. The summed E-state index contributed by atoms with van der Waals surface area (Å²) in [6.07, 6.45) is 0. The molecular weight excluding hydrogens is 274 g/mol. The van der Waals surface area contributed by atoms with Gasteiger partial charge in [-0.1, -0.05) is 22.0 Å². The maximum absolute atomic E-state index is 11.1. The number of carbonyl (C=O) groups is 2. The number of nitrogens with zero attached hydrogens (tertiary/aromatic N) is 1. The predicted molar refractivity (Wildman–Crippen MR) is 62.2 cm³/mol. The van der Waals surface area contributed by atoms with Crippen molar-refractivity contribution in [1.29, 1.82) is 0 Å². The Balaban J connectivity index is 2.26. The van der Waals surface area contributed by atoms with Crippen LogP contribution in [0.15, 0.2) is 22.7 Å². The Bertz CT molecular complexity index is 443. The highest BCUT2D eigenvalue weighted by molar-refractivity contribution is 9.10. The first kappa shape index (κ1) is 11.1. The average molecular weight is 284 g/mol. The fourth-order valence-corrected chi connectivity index (χ4v) is 1.89. The van der Waals surface area contributed by atoms with E-state index in [1.165, 1.54) is 0 Å². The number of rotatable bonds is 1. The van der Waals surface area contributed by atoms with Crippen molar-refractivity contribution < 1.29 is 14.3 Å². The van der Waals surface area contributed by atoms with Crippen LogP contribution in [0.25, 0.3) is 0 Å². The lowest BCUT2D eigenvalue weighted by atomic mass is 10.2. The number of halogens is 1. The van der Waals surface area contributed by atoms with Crippen molar-refractivity contribution in [3.05, 3.63) is 28.2 Å². The molecule has 1 aliphatic heterocycles. The number of aryl methyl sites for hydroxylation is 1. The molecule has 1 fully saturated rings. The average Bonchev–Trinajstić information content (AvgIpc) is 2.20. The number of carbonyl (C=O) groups excluding carboxylic acids is 2. The van der Waals surface area contributed by atoms with Gasteiger partial charge < -0.3 is 9.64 Å². The third-order valence-electron chi connectivity index (χ3n) is 2.39. The fourth-order valence-electron chi connectivity index (χ4n) is 1.52. The molecule has 1 aromatic rings. The first-order valence-electron chi connectivity index (χ1n) is 4.81. The van der Waals surface area contributed by atoms with E-state index >= 15 is 0 Å². The van der Waals surface area contributed by atoms with Crippen molar-refractivity contribution in [1.82, 2.24) is 0 Å². The normalized spacial score (nSPS) is 16.2. The third kappa shape index (κ3) is 2.24. The van der Waals surface area contributed by atoms with Gasteiger partial charge in [-0.25, -0.2) is 9.59 Å². The number of benzene rings is 1. The van der Waals surface area contributed by atoms with Crippen molar-refractivity contribution in [2.24, 2.45) is 0 Å². The molecule has 1 aromatic carbocycles. The van der Waals surface area contributed by atoms with Gasteiger partial charge in [-0.2, -0.15) is 0 Å². The Morgan fingerprint density at radius 2 is 1.88 bits per heavy atom. The summed E-state index contributed by atoms with van der Waals surface area (Å²) in [7, 11) is 0. The van der Waals surface area contributed by atoms with E-state index in [4.69, 9.17) is 0 Å². The molecular formula is C11H10BrNO3. The number of morpholine rings is 1. The minimum Gasteiger partial charge on any atom is -0.390 e. The molecule has 0 aliphatic carbocycles. The van der Waals surface area contributed by atoms with Gasteiger partial charge in [-0.15, -0.1) is 0 Å². The number of cyclic esters (lactones) is 2. The molecule has 0 bridgehead atoms. The highest BCUT2D eigenvalue weighted by atomic mass is 79.9. The number of esters is 2. The van der Waals surface area contributed by atoms with E-state index in [-0.39, 0.29) is 13.1 Å². The highest BCUT2D eigenvalue weighted by Gasteiger charge is 2.24. The van der Waals surface area contributed by atoms with E-state index in [2.05, 4.69) is 20.7 Å². The molecule has 84 valence electrons. The van der Waals surface area contributed by atoms with Gasteiger partial charge in [0.25, 0.3) is 0 Å². The fraction of sp³-hybridized carbons (Fsp3) is 0.273. The SMILES string of the molecule is Cc1ccc(N2CC(=O)OC(=O)C2)cc1Br. The molecule has 0 saturated carbocycles. The molecule has 0 spiro atoms. The zero-order valence-corrected chi connectivity index (χ0v) is 10.3. The van der Waals surface area contributed by atoms with Crippen molar-refractivity contribution in [2.45, 2.75) is 6.92 Å². The van der Waals surface area contributed by atoms with Gasteiger partial charge in [0.2, 0.25) is 0 Å². The van der Waals surface area contributed by atoms with Crippen LogP contribution in [0.3, 0.4) is 0 Å². The number of hydrogen-bond donors (Lipinski definition) is 0. The second kappa shape index (κ2) is 4.25. The van der Waals surface area contributed by atoms with Gasteiger partial charge in [-0.05, 0) is 24.6 Å². The van der Waals surface area contributed by atoms with Gasteiger partial charge in [0, 0.05) is 10.2 Å². The van der Waals surface area contributed by atoms with Crippen molar-refractivity contribution in [3.63, 3.8) is 0 Å². The summed E-state index contributed by atoms with van der Waals surface area (Å²) in [6, 6.07) is 5.71. The molecule has 1 saturated heterocycles. The summed E-state index contributed by atoms with van der Waals surface area (Å²) in [6.45, 7) is 2.20. The summed E-state index contributed by atoms with van der Waals surface area (Å²) < 4.78 is 5.42. The van der Waals surface area contributed by atoms with E-state index in [0.29, 0.717) is 0 Å². The van der Waals surface area contributed by atoms with Crippen LogP contribution in [0, 0.1) is 6.92 Å². The van der Waals surface area contributed by atoms with Crippen LogP contribution in [0.2, 0.25) is 0 Å². The number of hydrogen-bond acceptors (Lipinski definition) is 4. The van der Waals surface area contributed by atoms with E-state index in [9.17, 15) is 9.59 Å². The maximum Gasteiger partial charge on any atom is 0.333 e. The second-order valence-corrected chi connectivity index (χ2v) is 4.49. The van der Waals surface area contributed by atoms with Gasteiger partial charge in [0.05, 0.1) is 0 Å². The molecule has 0 aromatic heterocycles. The Morgan fingerprint density at radius 3 is 2.44 bits per heavy atom. The Hall–Kier alpha value is -1.36. The zero-order valence-electron chi connectivity index (χ0n) is 8.70. The molecule has 1 aliphatic rings. The molecule has 0 amide bonds. The molecule has 4 nitrogen and oxygen atoms in total. The summed E-state index contributed by atoms with van der Waals surface area (Å²) in [5.74, 6) is -1.01. The van der Waals surface area contributed by atoms with Gasteiger partial charge in [0.15, 0.2) is 0 Å². The van der Waals surface area contributed by atoms with Crippen LogP contribution in [0.5, 0.6) is 0 Å². The number of ether oxygens (including phenoxy) is 1. The Morgan fingerprint density at radius 1 is 1.25 bits per heavy atom. The van der Waals surface area contributed by atoms with E-state index in [1.807, 2.05) is 25.1 Å². The van der Waals surface area contributed by atoms with Crippen molar-refractivity contribution in [2.75, 3.05) is 18.0 Å². The topological polar surface area (TPSA) is 46.6 Å². The summed E-state index contributed by atoms with van der Waals surface area (Å²) in [4.78, 5) is 23.9.